The molecule has 4 heterocycles. The van der Waals surface area contributed by atoms with Crippen LogP contribution in [-0.4, -0.2) is 15.0 Å². The lowest BCUT2D eigenvalue weighted by Gasteiger charge is -2.12. The van der Waals surface area contributed by atoms with E-state index >= 15 is 0 Å². The van der Waals surface area contributed by atoms with E-state index in [4.69, 9.17) is 14.4 Å². The van der Waals surface area contributed by atoms with E-state index in [0.717, 1.165) is 87.9 Å². The Morgan fingerprint density at radius 2 is 1.29 bits per heavy atom. The van der Waals surface area contributed by atoms with Gasteiger partial charge < -0.3 is 4.42 Å². The summed E-state index contributed by atoms with van der Waals surface area (Å²) in [4.78, 5) is 14.9. The molecule has 0 radical (unpaired) electrons. The van der Waals surface area contributed by atoms with Gasteiger partial charge in [-0.2, -0.15) is 0 Å². The van der Waals surface area contributed by atoms with Crippen LogP contribution in [0.25, 0.3) is 87.9 Å². The minimum atomic E-state index is 0.892. The Balaban J connectivity index is 1.30. The second-order valence-electron chi connectivity index (χ2n) is 10.4. The van der Waals surface area contributed by atoms with Crippen molar-refractivity contribution in [3.63, 3.8) is 0 Å². The quantitative estimate of drug-likeness (QED) is 0.212. The normalized spacial score (nSPS) is 11.9. The highest BCUT2D eigenvalue weighted by molar-refractivity contribution is 6.24. The van der Waals surface area contributed by atoms with Crippen LogP contribution < -0.4 is 0 Å². The molecule has 0 N–H and O–H groups in total. The van der Waals surface area contributed by atoms with E-state index in [1.54, 1.807) is 0 Å². The van der Waals surface area contributed by atoms with Crippen molar-refractivity contribution in [2.45, 2.75) is 0 Å². The van der Waals surface area contributed by atoms with Crippen LogP contribution in [0.4, 0.5) is 0 Å². The number of rotatable bonds is 2. The molecule has 0 spiro atoms. The summed E-state index contributed by atoms with van der Waals surface area (Å²) in [6.07, 6.45) is 1.83. The van der Waals surface area contributed by atoms with E-state index in [0.29, 0.717) is 0 Å². The first kappa shape index (κ1) is 22.2. The molecule has 4 heteroatoms. The molecule has 4 nitrogen and oxygen atoms in total. The maximum Gasteiger partial charge on any atom is 0.144 e. The Bertz CT molecular complexity index is 2490. The van der Waals surface area contributed by atoms with Crippen molar-refractivity contribution in [3.8, 4) is 22.5 Å². The summed E-state index contributed by atoms with van der Waals surface area (Å²) < 4.78 is 6.49. The van der Waals surface area contributed by atoms with Crippen molar-refractivity contribution in [1.82, 2.24) is 15.0 Å². The van der Waals surface area contributed by atoms with Gasteiger partial charge in [0.2, 0.25) is 0 Å². The molecule has 5 aromatic carbocycles. The minimum absolute atomic E-state index is 0.892. The molecule has 0 aliphatic heterocycles. The number of furan rings is 1. The molecule has 0 aliphatic carbocycles. The van der Waals surface area contributed by atoms with Crippen molar-refractivity contribution in [2.75, 3.05) is 0 Å². The summed E-state index contributed by atoms with van der Waals surface area (Å²) in [5.41, 5.74) is 8.46. The smallest absolute Gasteiger partial charge is 0.144 e. The average Bonchev–Trinajstić information content (AvgIpc) is 3.43. The maximum absolute atomic E-state index is 6.49. The van der Waals surface area contributed by atoms with Gasteiger partial charge in [0.05, 0.1) is 27.9 Å². The standard InChI is InChI=1S/C37H21N3O/c1-3-12-31-28(11-1)33-29(18-17-27-26-10-2-4-13-32(26)41-37(27)33)34(40-31)25-8-5-7-24(21-25)30-19-16-23-15-14-22-9-6-20-38-35(22)36(23)39-30/h1-21H. The largest absolute Gasteiger partial charge is 0.455 e. The second kappa shape index (κ2) is 8.44. The van der Waals surface area contributed by atoms with Gasteiger partial charge in [-0.3, -0.25) is 4.98 Å². The number of pyridine rings is 3. The number of benzene rings is 5. The zero-order chi connectivity index (χ0) is 26.9. The van der Waals surface area contributed by atoms with Crippen LogP contribution in [0.3, 0.4) is 0 Å². The van der Waals surface area contributed by atoms with Gasteiger partial charge in [-0.05, 0) is 36.4 Å². The van der Waals surface area contributed by atoms with Gasteiger partial charge >= 0.3 is 0 Å². The maximum atomic E-state index is 6.49. The Hall–Kier alpha value is -5.61. The van der Waals surface area contributed by atoms with Crippen LogP contribution >= 0.6 is 0 Å². The third-order valence-electron chi connectivity index (χ3n) is 8.07. The highest BCUT2D eigenvalue weighted by Gasteiger charge is 2.17. The van der Waals surface area contributed by atoms with E-state index in [1.165, 1.54) is 0 Å². The van der Waals surface area contributed by atoms with E-state index < -0.39 is 0 Å². The van der Waals surface area contributed by atoms with Crippen molar-refractivity contribution in [2.24, 2.45) is 0 Å². The molecule has 9 aromatic rings. The first-order valence-electron chi connectivity index (χ1n) is 13.7. The number of hydrogen-bond donors (Lipinski definition) is 0. The first-order valence-corrected chi connectivity index (χ1v) is 13.7. The molecule has 0 atom stereocenters. The molecular formula is C37H21N3O. The van der Waals surface area contributed by atoms with Gasteiger partial charge in [0.1, 0.15) is 11.2 Å². The van der Waals surface area contributed by atoms with Crippen molar-refractivity contribution in [1.29, 1.82) is 0 Å². The van der Waals surface area contributed by atoms with E-state index in [2.05, 4.69) is 102 Å². The summed E-state index contributed by atoms with van der Waals surface area (Å²) in [5.74, 6) is 0. The van der Waals surface area contributed by atoms with Gasteiger partial charge in [0, 0.05) is 55.0 Å². The Morgan fingerprint density at radius 1 is 0.512 bits per heavy atom. The zero-order valence-corrected chi connectivity index (χ0v) is 21.9. The molecule has 41 heavy (non-hydrogen) atoms. The molecule has 4 aromatic heterocycles. The van der Waals surface area contributed by atoms with E-state index in [9.17, 15) is 0 Å². The van der Waals surface area contributed by atoms with Crippen molar-refractivity contribution >= 4 is 65.4 Å². The first-order chi connectivity index (χ1) is 20.3. The molecule has 0 amide bonds. The van der Waals surface area contributed by atoms with Gasteiger partial charge in [0.25, 0.3) is 0 Å². The van der Waals surface area contributed by atoms with Crippen molar-refractivity contribution < 1.29 is 4.42 Å². The summed E-state index contributed by atoms with van der Waals surface area (Å²) >= 11 is 0. The molecule has 0 bridgehead atoms. The molecule has 0 saturated carbocycles. The minimum Gasteiger partial charge on any atom is -0.455 e. The van der Waals surface area contributed by atoms with Crippen LogP contribution in [0.1, 0.15) is 0 Å². The monoisotopic (exact) mass is 523 g/mol. The third-order valence-corrected chi connectivity index (χ3v) is 8.07. The lowest BCUT2D eigenvalue weighted by molar-refractivity contribution is 0.673. The summed E-state index contributed by atoms with van der Waals surface area (Å²) in [6.45, 7) is 0. The third kappa shape index (κ3) is 3.31. The SMILES string of the molecule is c1cc(-c2ccc3ccc4cccnc4c3n2)cc(-c2nc3ccccc3c3c2ccc2c4ccccc4oc23)c1. The summed E-state index contributed by atoms with van der Waals surface area (Å²) in [5, 5.41) is 7.64. The zero-order valence-electron chi connectivity index (χ0n) is 21.9. The lowest BCUT2D eigenvalue weighted by Crippen LogP contribution is -1.92. The van der Waals surface area contributed by atoms with Crippen molar-refractivity contribution in [3.05, 3.63) is 128 Å². The second-order valence-corrected chi connectivity index (χ2v) is 10.4. The fourth-order valence-corrected chi connectivity index (χ4v) is 6.15. The predicted molar refractivity (Wildman–Crippen MR) is 168 cm³/mol. The summed E-state index contributed by atoms with van der Waals surface area (Å²) in [7, 11) is 0. The van der Waals surface area contributed by atoms with Gasteiger partial charge in [0.15, 0.2) is 0 Å². The topological polar surface area (TPSA) is 51.8 Å². The van der Waals surface area contributed by atoms with Crippen LogP contribution in [0, 0.1) is 0 Å². The van der Waals surface area contributed by atoms with E-state index in [-0.39, 0.29) is 0 Å². The Labute approximate surface area is 234 Å². The number of para-hydroxylation sites is 2. The average molecular weight is 524 g/mol. The highest BCUT2D eigenvalue weighted by atomic mass is 16.3. The Morgan fingerprint density at radius 3 is 2.24 bits per heavy atom. The molecule has 0 aliphatic rings. The van der Waals surface area contributed by atoms with E-state index in [1.807, 2.05) is 30.5 Å². The van der Waals surface area contributed by atoms with Gasteiger partial charge in [-0.15, -0.1) is 0 Å². The van der Waals surface area contributed by atoms with Crippen LogP contribution in [0.2, 0.25) is 0 Å². The van der Waals surface area contributed by atoms with Crippen LogP contribution in [0.5, 0.6) is 0 Å². The molecule has 0 fully saturated rings. The Kier molecular flexibility index (Phi) is 4.58. The fourth-order valence-electron chi connectivity index (χ4n) is 6.15. The van der Waals surface area contributed by atoms with Crippen LogP contribution in [0.15, 0.2) is 132 Å². The highest BCUT2D eigenvalue weighted by Crippen LogP contribution is 2.41. The number of nitrogens with zero attached hydrogens (tertiary/aromatic N) is 3. The molecular weight excluding hydrogens is 502 g/mol. The van der Waals surface area contributed by atoms with Gasteiger partial charge in [-0.1, -0.05) is 84.9 Å². The molecule has 0 saturated heterocycles. The summed E-state index contributed by atoms with van der Waals surface area (Å²) in [6, 6.07) is 41.8. The predicted octanol–water partition coefficient (Wildman–Crippen LogP) is 9.72. The van der Waals surface area contributed by atoms with Gasteiger partial charge in [-0.25, -0.2) is 9.97 Å². The van der Waals surface area contributed by atoms with Crippen LogP contribution in [-0.2, 0) is 0 Å². The molecule has 190 valence electrons. The number of hydrogen-bond acceptors (Lipinski definition) is 4. The fraction of sp³-hybridized carbons (Fsp3) is 0. The number of fused-ring (bicyclic) bond motifs is 10. The molecule has 0 unspecified atom stereocenters. The molecule has 9 rings (SSSR count). The number of aromatic nitrogens is 3. The lowest BCUT2D eigenvalue weighted by atomic mass is 9.96.